The Kier molecular flexibility index (Phi) is 3.06. The molecule has 0 fully saturated rings. The standard InChI is InChI=1S/C16H15N3O/c1-11-6-12(2)14-4-3-5-15(14)13(7-11)8-16(20)19-10-17-9-18-19/h3-7,9-10H,8H2,1-2H3. The van der Waals surface area contributed by atoms with Crippen molar-refractivity contribution in [3.05, 3.63) is 59.7 Å². The first-order valence-electron chi connectivity index (χ1n) is 6.52. The van der Waals surface area contributed by atoms with Gasteiger partial charge in [0.25, 0.3) is 5.91 Å². The highest BCUT2D eigenvalue weighted by Crippen LogP contribution is 2.30. The van der Waals surface area contributed by atoms with Crippen LogP contribution in [0.4, 0.5) is 0 Å². The summed E-state index contributed by atoms with van der Waals surface area (Å²) in [7, 11) is 0. The van der Waals surface area contributed by atoms with Crippen LogP contribution in [0.2, 0.25) is 0 Å². The number of rotatable bonds is 2. The van der Waals surface area contributed by atoms with Gasteiger partial charge in [-0.25, -0.2) is 4.98 Å². The van der Waals surface area contributed by atoms with Gasteiger partial charge in [0.05, 0.1) is 6.42 Å². The quantitative estimate of drug-likeness (QED) is 0.715. The van der Waals surface area contributed by atoms with E-state index < -0.39 is 0 Å². The first-order valence-corrected chi connectivity index (χ1v) is 6.52. The smallest absolute Gasteiger partial charge is 0.252 e. The second-order valence-corrected chi connectivity index (χ2v) is 5.00. The lowest BCUT2D eigenvalue weighted by atomic mass is 10.0. The van der Waals surface area contributed by atoms with Gasteiger partial charge in [0.1, 0.15) is 12.7 Å². The highest BCUT2D eigenvalue weighted by atomic mass is 16.2. The number of fused-ring (bicyclic) bond motifs is 1. The molecule has 0 amide bonds. The maximum absolute atomic E-state index is 12.2. The predicted molar refractivity (Wildman–Crippen MR) is 76.9 cm³/mol. The summed E-state index contributed by atoms with van der Waals surface area (Å²) in [5, 5.41) is 3.89. The number of nitrogens with zero attached hydrogens (tertiary/aromatic N) is 3. The molecule has 2 aliphatic rings. The Morgan fingerprint density at radius 3 is 2.75 bits per heavy atom. The molecule has 0 aliphatic heterocycles. The van der Waals surface area contributed by atoms with Crippen molar-refractivity contribution in [3.8, 4) is 11.1 Å². The monoisotopic (exact) mass is 265 g/mol. The maximum atomic E-state index is 12.2. The van der Waals surface area contributed by atoms with E-state index in [1.807, 2.05) is 6.07 Å². The van der Waals surface area contributed by atoms with Crippen LogP contribution in [0.3, 0.4) is 0 Å². The second kappa shape index (κ2) is 4.89. The van der Waals surface area contributed by atoms with E-state index in [9.17, 15) is 4.79 Å². The van der Waals surface area contributed by atoms with Crippen LogP contribution in [-0.4, -0.2) is 20.7 Å². The molecule has 0 saturated carbocycles. The molecule has 0 saturated heterocycles. The van der Waals surface area contributed by atoms with Gasteiger partial charge in [-0.05, 0) is 36.1 Å². The second-order valence-electron chi connectivity index (χ2n) is 5.00. The highest BCUT2D eigenvalue weighted by molar-refractivity contribution is 5.84. The average molecular weight is 265 g/mol. The predicted octanol–water partition coefficient (Wildman–Crippen LogP) is 2.88. The number of hydrogen-bond acceptors (Lipinski definition) is 3. The zero-order chi connectivity index (χ0) is 14.1. The summed E-state index contributed by atoms with van der Waals surface area (Å²) < 4.78 is 1.28. The summed E-state index contributed by atoms with van der Waals surface area (Å²) in [5.74, 6) is -0.0757. The number of aromatic nitrogens is 3. The van der Waals surface area contributed by atoms with Gasteiger partial charge in [-0.1, -0.05) is 35.9 Å². The fourth-order valence-corrected chi connectivity index (χ4v) is 2.58. The Morgan fingerprint density at radius 2 is 2.00 bits per heavy atom. The molecule has 0 bridgehead atoms. The molecular formula is C16H15N3O. The minimum absolute atomic E-state index is 0.0757. The average Bonchev–Trinajstić information content (AvgIpc) is 3.07. The van der Waals surface area contributed by atoms with E-state index in [1.165, 1.54) is 28.5 Å². The Labute approximate surface area is 117 Å². The summed E-state index contributed by atoms with van der Waals surface area (Å²) in [6.07, 6.45) is 3.13. The molecule has 1 heterocycles. The van der Waals surface area contributed by atoms with E-state index in [4.69, 9.17) is 0 Å². The van der Waals surface area contributed by atoms with Crippen molar-refractivity contribution < 1.29 is 4.79 Å². The number of carbonyl (C=O) groups excluding carboxylic acids is 1. The van der Waals surface area contributed by atoms with E-state index in [-0.39, 0.29) is 5.91 Å². The van der Waals surface area contributed by atoms with Gasteiger partial charge in [0, 0.05) is 0 Å². The summed E-state index contributed by atoms with van der Waals surface area (Å²) in [5.41, 5.74) is 5.72. The molecule has 100 valence electrons. The normalized spacial score (nSPS) is 10.9. The van der Waals surface area contributed by atoms with Crippen LogP contribution >= 0.6 is 0 Å². The SMILES string of the molecule is Cc1cc(C)c2cccc-2c(CC(=O)n2cncn2)c1. The first kappa shape index (κ1) is 12.5. The number of carbonyl (C=O) groups is 1. The Hall–Kier alpha value is -2.49. The van der Waals surface area contributed by atoms with Crippen LogP contribution < -0.4 is 0 Å². The third-order valence-corrected chi connectivity index (χ3v) is 3.45. The van der Waals surface area contributed by atoms with Crippen molar-refractivity contribution in [2.24, 2.45) is 0 Å². The third kappa shape index (κ3) is 2.20. The summed E-state index contributed by atoms with van der Waals surface area (Å²) in [6.45, 7) is 4.15. The van der Waals surface area contributed by atoms with E-state index >= 15 is 0 Å². The molecule has 0 spiro atoms. The number of aryl methyl sites for hydroxylation is 2. The van der Waals surface area contributed by atoms with E-state index in [1.54, 1.807) is 0 Å². The molecule has 1 aromatic heterocycles. The molecule has 0 atom stereocenters. The zero-order valence-electron chi connectivity index (χ0n) is 11.5. The van der Waals surface area contributed by atoms with Crippen LogP contribution in [0.15, 0.2) is 43.0 Å². The lowest BCUT2D eigenvalue weighted by Crippen LogP contribution is -2.14. The van der Waals surface area contributed by atoms with Crippen molar-refractivity contribution in [3.63, 3.8) is 0 Å². The maximum Gasteiger partial charge on any atom is 0.252 e. The molecule has 0 N–H and O–H groups in total. The van der Waals surface area contributed by atoms with Crippen LogP contribution in [0.25, 0.3) is 11.1 Å². The number of hydrogen-bond donors (Lipinski definition) is 0. The van der Waals surface area contributed by atoms with E-state index in [2.05, 4.69) is 48.2 Å². The molecule has 0 unspecified atom stereocenters. The van der Waals surface area contributed by atoms with Gasteiger partial charge < -0.3 is 0 Å². The molecule has 1 aromatic rings. The molecule has 3 rings (SSSR count). The Bertz CT molecular complexity index is 732. The molecular weight excluding hydrogens is 250 g/mol. The van der Waals surface area contributed by atoms with Crippen LogP contribution in [-0.2, 0) is 6.42 Å². The molecule has 2 aliphatic carbocycles. The largest absolute Gasteiger partial charge is 0.272 e. The molecule has 0 aromatic carbocycles. The zero-order valence-corrected chi connectivity index (χ0v) is 11.5. The lowest BCUT2D eigenvalue weighted by molar-refractivity contribution is 0.0898. The van der Waals surface area contributed by atoms with Gasteiger partial charge in [0.2, 0.25) is 0 Å². The Morgan fingerprint density at radius 1 is 1.20 bits per heavy atom. The summed E-state index contributed by atoms with van der Waals surface area (Å²) in [4.78, 5) is 16.0. The topological polar surface area (TPSA) is 47.8 Å². The van der Waals surface area contributed by atoms with E-state index in [0.29, 0.717) is 6.42 Å². The first-order chi connectivity index (χ1) is 9.65. The fraction of sp³-hybridized carbons (Fsp3) is 0.188. The van der Waals surface area contributed by atoms with Gasteiger partial charge >= 0.3 is 0 Å². The third-order valence-electron chi connectivity index (χ3n) is 3.45. The molecule has 4 nitrogen and oxygen atoms in total. The highest BCUT2D eigenvalue weighted by Gasteiger charge is 2.14. The minimum atomic E-state index is -0.0757. The molecule has 4 heteroatoms. The summed E-state index contributed by atoms with van der Waals surface area (Å²) in [6, 6.07) is 10.4. The van der Waals surface area contributed by atoms with Gasteiger partial charge in [-0.2, -0.15) is 9.78 Å². The van der Waals surface area contributed by atoms with Gasteiger partial charge in [-0.3, -0.25) is 4.79 Å². The van der Waals surface area contributed by atoms with Crippen LogP contribution in [0.5, 0.6) is 0 Å². The van der Waals surface area contributed by atoms with Gasteiger partial charge in [-0.15, -0.1) is 0 Å². The van der Waals surface area contributed by atoms with Crippen molar-refractivity contribution in [1.82, 2.24) is 14.8 Å². The fourth-order valence-electron chi connectivity index (χ4n) is 2.58. The Balaban J connectivity index is 2.04. The van der Waals surface area contributed by atoms with Crippen molar-refractivity contribution in [2.75, 3.05) is 0 Å². The van der Waals surface area contributed by atoms with Crippen LogP contribution in [0, 0.1) is 13.8 Å². The van der Waals surface area contributed by atoms with Crippen molar-refractivity contribution >= 4 is 5.91 Å². The molecule has 20 heavy (non-hydrogen) atoms. The van der Waals surface area contributed by atoms with Crippen molar-refractivity contribution in [1.29, 1.82) is 0 Å². The van der Waals surface area contributed by atoms with Gasteiger partial charge in [0.15, 0.2) is 0 Å². The minimum Gasteiger partial charge on any atom is -0.272 e. The van der Waals surface area contributed by atoms with Crippen molar-refractivity contribution in [2.45, 2.75) is 20.3 Å². The lowest BCUT2D eigenvalue weighted by Gasteiger charge is -2.04. The molecule has 0 radical (unpaired) electrons. The van der Waals surface area contributed by atoms with E-state index in [0.717, 1.165) is 16.7 Å². The summed E-state index contributed by atoms with van der Waals surface area (Å²) >= 11 is 0. The van der Waals surface area contributed by atoms with Crippen LogP contribution in [0.1, 0.15) is 21.5 Å².